The minimum atomic E-state index is -0.241. The Balaban J connectivity index is 1.81. The van der Waals surface area contributed by atoms with Gasteiger partial charge in [0.15, 0.2) is 6.04 Å². The molecular formula is C21H29N6O2+. The van der Waals surface area contributed by atoms with E-state index < -0.39 is 0 Å². The van der Waals surface area contributed by atoms with E-state index in [2.05, 4.69) is 47.3 Å². The number of benzene rings is 1. The zero-order valence-corrected chi connectivity index (χ0v) is 17.3. The molecule has 2 aromatic heterocycles. The first kappa shape index (κ1) is 19.7. The van der Waals surface area contributed by atoms with Crippen molar-refractivity contribution < 1.29 is 9.64 Å². The van der Waals surface area contributed by atoms with Crippen molar-refractivity contribution in [1.82, 2.24) is 25.2 Å². The number of aromatic amines is 1. The summed E-state index contributed by atoms with van der Waals surface area (Å²) in [6.45, 7) is 9.43. The number of rotatable bonds is 7. The van der Waals surface area contributed by atoms with Gasteiger partial charge in [-0.1, -0.05) is 11.6 Å². The Bertz CT molecular complexity index is 1030. The number of tetrazole rings is 1. The zero-order valence-electron chi connectivity index (χ0n) is 17.3. The molecule has 1 fully saturated rings. The number of nitrogens with zero attached hydrogens (tertiary/aromatic N) is 4. The van der Waals surface area contributed by atoms with Gasteiger partial charge in [-0.3, -0.25) is 4.79 Å². The number of aromatic nitrogens is 5. The minimum absolute atomic E-state index is 0.0857. The SMILES string of the molecule is CC[NH+](CC)[C@H](c1cc2cc(C)ccc2[nH]c1=O)c1nnnn1C[C@H]1CCCO1. The van der Waals surface area contributed by atoms with Crippen molar-refractivity contribution in [2.24, 2.45) is 0 Å². The van der Waals surface area contributed by atoms with E-state index >= 15 is 0 Å². The Morgan fingerprint density at radius 3 is 2.86 bits per heavy atom. The highest BCUT2D eigenvalue weighted by Crippen LogP contribution is 2.21. The Kier molecular flexibility index (Phi) is 5.73. The van der Waals surface area contributed by atoms with Crippen molar-refractivity contribution in [2.45, 2.75) is 52.3 Å². The summed E-state index contributed by atoms with van der Waals surface area (Å²) in [6, 6.07) is 7.82. The van der Waals surface area contributed by atoms with Crippen molar-refractivity contribution in [3.05, 3.63) is 51.6 Å². The van der Waals surface area contributed by atoms with E-state index in [0.29, 0.717) is 12.1 Å². The van der Waals surface area contributed by atoms with Crippen LogP contribution in [-0.4, -0.2) is 51.0 Å². The molecule has 1 aromatic carbocycles. The molecule has 2 atom stereocenters. The highest BCUT2D eigenvalue weighted by molar-refractivity contribution is 5.79. The first-order valence-corrected chi connectivity index (χ1v) is 10.5. The van der Waals surface area contributed by atoms with Gasteiger partial charge in [0.1, 0.15) is 0 Å². The normalized spacial score (nSPS) is 18.0. The van der Waals surface area contributed by atoms with E-state index in [-0.39, 0.29) is 17.7 Å². The number of H-pyrrole nitrogens is 1. The molecule has 4 rings (SSSR count). The van der Waals surface area contributed by atoms with Crippen molar-refractivity contribution in [2.75, 3.05) is 19.7 Å². The summed E-state index contributed by atoms with van der Waals surface area (Å²) in [5.74, 6) is 0.719. The topological polar surface area (TPSA) is 90.1 Å². The average molecular weight is 398 g/mol. The fourth-order valence-corrected chi connectivity index (χ4v) is 4.29. The predicted molar refractivity (Wildman–Crippen MR) is 110 cm³/mol. The number of pyridine rings is 1. The van der Waals surface area contributed by atoms with Crippen molar-refractivity contribution in [3.8, 4) is 0 Å². The van der Waals surface area contributed by atoms with Gasteiger partial charge in [-0.15, -0.1) is 5.10 Å². The summed E-state index contributed by atoms with van der Waals surface area (Å²) in [7, 11) is 0. The number of nitrogens with one attached hydrogen (secondary N) is 2. The van der Waals surface area contributed by atoms with Crippen LogP contribution in [0.4, 0.5) is 0 Å². The standard InChI is InChI=1S/C21H28N6O2/c1-4-26(5-2)19(20-23-24-25-27(20)13-16-7-6-10-29-16)17-12-15-11-14(3)8-9-18(15)22-21(17)28/h8-9,11-12,16,19H,4-7,10,13H2,1-3H3,(H,22,28)/p+1/t16-,19-/m1/s1. The van der Waals surface area contributed by atoms with Gasteiger partial charge in [-0.25, -0.2) is 4.68 Å². The number of ether oxygens (including phenoxy) is 1. The molecule has 0 spiro atoms. The molecule has 1 aliphatic rings. The fourth-order valence-electron chi connectivity index (χ4n) is 4.29. The van der Waals surface area contributed by atoms with E-state index in [9.17, 15) is 4.79 Å². The second-order valence-electron chi connectivity index (χ2n) is 7.80. The molecule has 0 unspecified atom stereocenters. The van der Waals surface area contributed by atoms with Crippen LogP contribution in [0.25, 0.3) is 10.9 Å². The van der Waals surface area contributed by atoms with Gasteiger partial charge >= 0.3 is 0 Å². The third-order valence-corrected chi connectivity index (χ3v) is 5.87. The quantitative estimate of drug-likeness (QED) is 0.621. The molecule has 3 aromatic rings. The van der Waals surface area contributed by atoms with Crippen LogP contribution in [0, 0.1) is 6.92 Å². The molecule has 154 valence electrons. The molecule has 1 aliphatic heterocycles. The highest BCUT2D eigenvalue weighted by Gasteiger charge is 2.33. The predicted octanol–water partition coefficient (Wildman–Crippen LogP) is 1.02. The van der Waals surface area contributed by atoms with E-state index in [0.717, 1.165) is 54.8 Å². The van der Waals surface area contributed by atoms with E-state index in [1.807, 2.05) is 22.9 Å². The Labute approximate surface area is 169 Å². The van der Waals surface area contributed by atoms with Crippen LogP contribution in [0.1, 0.15) is 49.7 Å². The fraction of sp³-hybridized carbons (Fsp3) is 0.524. The van der Waals surface area contributed by atoms with Gasteiger partial charge in [-0.05, 0) is 67.6 Å². The molecular weight excluding hydrogens is 368 g/mol. The van der Waals surface area contributed by atoms with Gasteiger partial charge < -0.3 is 14.6 Å². The third-order valence-electron chi connectivity index (χ3n) is 5.87. The average Bonchev–Trinajstić information content (AvgIpc) is 3.39. The van der Waals surface area contributed by atoms with Crippen LogP contribution >= 0.6 is 0 Å². The largest absolute Gasteiger partial charge is 0.376 e. The maximum atomic E-state index is 13.1. The van der Waals surface area contributed by atoms with Crippen molar-refractivity contribution in [3.63, 3.8) is 0 Å². The van der Waals surface area contributed by atoms with Gasteiger partial charge in [0, 0.05) is 12.1 Å². The Hall–Kier alpha value is -2.58. The van der Waals surface area contributed by atoms with Crippen LogP contribution in [0.15, 0.2) is 29.1 Å². The molecule has 0 amide bonds. The van der Waals surface area contributed by atoms with Crippen molar-refractivity contribution >= 4 is 10.9 Å². The molecule has 0 bridgehead atoms. The zero-order chi connectivity index (χ0) is 20.4. The summed E-state index contributed by atoms with van der Waals surface area (Å²) in [5, 5.41) is 13.6. The van der Waals surface area contributed by atoms with Crippen molar-refractivity contribution in [1.29, 1.82) is 0 Å². The smallest absolute Gasteiger partial charge is 0.258 e. The van der Waals surface area contributed by atoms with Crippen LogP contribution in [0.3, 0.4) is 0 Å². The molecule has 0 aliphatic carbocycles. The number of quaternary nitrogens is 1. The molecule has 2 N–H and O–H groups in total. The highest BCUT2D eigenvalue weighted by atomic mass is 16.5. The second kappa shape index (κ2) is 8.42. The number of aryl methyl sites for hydroxylation is 1. The minimum Gasteiger partial charge on any atom is -0.376 e. The van der Waals surface area contributed by atoms with Gasteiger partial charge in [0.05, 0.1) is 31.3 Å². The lowest BCUT2D eigenvalue weighted by molar-refractivity contribution is -0.923. The lowest BCUT2D eigenvalue weighted by atomic mass is 10.0. The Morgan fingerprint density at radius 1 is 1.31 bits per heavy atom. The molecule has 1 saturated heterocycles. The van der Waals surface area contributed by atoms with Crippen LogP contribution in [0.2, 0.25) is 0 Å². The van der Waals surface area contributed by atoms with Gasteiger partial charge in [-0.2, -0.15) is 0 Å². The first-order valence-electron chi connectivity index (χ1n) is 10.5. The second-order valence-corrected chi connectivity index (χ2v) is 7.80. The summed E-state index contributed by atoms with van der Waals surface area (Å²) < 4.78 is 7.61. The number of hydrogen-bond donors (Lipinski definition) is 2. The van der Waals surface area contributed by atoms with Crippen LogP contribution in [-0.2, 0) is 11.3 Å². The maximum absolute atomic E-state index is 13.1. The van der Waals surface area contributed by atoms with Gasteiger partial charge in [0.25, 0.3) is 5.56 Å². The molecule has 8 heteroatoms. The lowest BCUT2D eigenvalue weighted by Crippen LogP contribution is -3.12. The summed E-state index contributed by atoms with van der Waals surface area (Å²) in [5.41, 5.74) is 2.62. The van der Waals surface area contributed by atoms with E-state index in [1.165, 1.54) is 4.90 Å². The summed E-state index contributed by atoms with van der Waals surface area (Å²) >= 11 is 0. The number of hydrogen-bond acceptors (Lipinski definition) is 5. The Morgan fingerprint density at radius 2 is 2.14 bits per heavy atom. The van der Waals surface area contributed by atoms with E-state index in [1.54, 1.807) is 0 Å². The number of fused-ring (bicyclic) bond motifs is 1. The monoisotopic (exact) mass is 397 g/mol. The molecule has 29 heavy (non-hydrogen) atoms. The summed E-state index contributed by atoms with van der Waals surface area (Å²) in [6.07, 6.45) is 2.20. The van der Waals surface area contributed by atoms with E-state index in [4.69, 9.17) is 4.74 Å². The van der Waals surface area contributed by atoms with Gasteiger partial charge in [0.2, 0.25) is 5.82 Å². The molecule has 3 heterocycles. The maximum Gasteiger partial charge on any atom is 0.258 e. The first-order chi connectivity index (χ1) is 14.1. The third kappa shape index (κ3) is 3.95. The molecule has 0 radical (unpaired) electrons. The lowest BCUT2D eigenvalue weighted by Gasteiger charge is -2.26. The van der Waals surface area contributed by atoms with Crippen LogP contribution in [0.5, 0.6) is 0 Å². The van der Waals surface area contributed by atoms with Crippen LogP contribution < -0.4 is 10.5 Å². The summed E-state index contributed by atoms with van der Waals surface area (Å²) in [4.78, 5) is 17.4. The molecule has 8 nitrogen and oxygen atoms in total. The molecule has 0 saturated carbocycles.